The first kappa shape index (κ1) is 29.7. The second-order valence-corrected chi connectivity index (χ2v) is 12.0. The zero-order valence-corrected chi connectivity index (χ0v) is 25.2. The Hall–Kier alpha value is -2.82. The number of pyridine rings is 1. The summed E-state index contributed by atoms with van der Waals surface area (Å²) in [5, 5.41) is 12.3. The number of amides is 1. The van der Waals surface area contributed by atoms with Crippen LogP contribution in [0.2, 0.25) is 0 Å². The number of benzene rings is 2. The lowest BCUT2D eigenvalue weighted by Gasteiger charge is -2.38. The van der Waals surface area contributed by atoms with Crippen molar-refractivity contribution >= 4 is 27.7 Å². The average molecular weight is 623 g/mol. The molecule has 0 bridgehead atoms. The summed E-state index contributed by atoms with van der Waals surface area (Å²) in [6.45, 7) is 7.84. The molecule has 1 saturated carbocycles. The summed E-state index contributed by atoms with van der Waals surface area (Å²) < 4.78 is 6.98. The number of nitrogens with two attached hydrogens (primary N) is 1. The molecular formula is C32H40BrN5O3. The number of hydrogen-bond donors (Lipinski definition) is 3. The van der Waals surface area contributed by atoms with Gasteiger partial charge in [-0.2, -0.15) is 0 Å². The van der Waals surface area contributed by atoms with Gasteiger partial charge in [0.2, 0.25) is 0 Å². The number of hydrogen-bond acceptors (Lipinski definition) is 7. The number of aliphatic hydroxyl groups is 1. The first-order chi connectivity index (χ1) is 19.9. The fourth-order valence-electron chi connectivity index (χ4n) is 5.85. The number of rotatable bonds is 10. The van der Waals surface area contributed by atoms with Crippen molar-refractivity contribution in [1.29, 1.82) is 0 Å². The largest absolute Gasteiger partial charge is 0.395 e. The standard InChI is InChI=1S/C32H40BrN5O3/c1-22(38-15-13-37(14-16-38)17-18-39)24-9-11-26(12-10-24)25-7-5-23(6-8-25)21-41-30-4-2-3-29(30)36-32(40)28-19-27(33)20-35-31(28)34/h5-12,19-20,22,29-30,39H,2-4,13-18,21H2,1H3,(H2,34,35)(H,36,40)/t22?,29-,30-/m0/s1. The van der Waals surface area contributed by atoms with Gasteiger partial charge in [0.15, 0.2) is 0 Å². The minimum absolute atomic E-state index is 0.0350. The number of ether oxygens (including phenoxy) is 1. The molecule has 1 aliphatic carbocycles. The van der Waals surface area contributed by atoms with Crippen LogP contribution in [0.5, 0.6) is 0 Å². The van der Waals surface area contributed by atoms with E-state index in [-0.39, 0.29) is 30.5 Å². The van der Waals surface area contributed by atoms with Crippen LogP contribution < -0.4 is 11.1 Å². The third-order valence-electron chi connectivity index (χ3n) is 8.41. The van der Waals surface area contributed by atoms with Gasteiger partial charge in [-0.15, -0.1) is 0 Å². The van der Waals surface area contributed by atoms with Crippen LogP contribution in [0.15, 0.2) is 65.3 Å². The third kappa shape index (κ3) is 7.53. The minimum atomic E-state index is -0.220. The van der Waals surface area contributed by atoms with Crippen molar-refractivity contribution in [3.63, 3.8) is 0 Å². The molecule has 218 valence electrons. The average Bonchev–Trinajstić information content (AvgIpc) is 3.44. The van der Waals surface area contributed by atoms with Crippen molar-refractivity contribution < 1.29 is 14.6 Å². The van der Waals surface area contributed by atoms with Crippen LogP contribution in [0, 0.1) is 0 Å². The summed E-state index contributed by atoms with van der Waals surface area (Å²) in [5.41, 5.74) is 11.1. The van der Waals surface area contributed by atoms with Crippen molar-refractivity contribution in [1.82, 2.24) is 20.1 Å². The number of piperazine rings is 1. The molecule has 8 nitrogen and oxygen atoms in total. The van der Waals surface area contributed by atoms with Gasteiger partial charge in [0.25, 0.3) is 5.91 Å². The maximum atomic E-state index is 12.8. The van der Waals surface area contributed by atoms with E-state index in [0.717, 1.165) is 62.0 Å². The molecule has 1 aromatic heterocycles. The van der Waals surface area contributed by atoms with Crippen LogP contribution in [0.3, 0.4) is 0 Å². The lowest BCUT2D eigenvalue weighted by molar-refractivity contribution is 0.0272. The van der Waals surface area contributed by atoms with E-state index in [4.69, 9.17) is 10.5 Å². The minimum Gasteiger partial charge on any atom is -0.395 e. The number of halogens is 1. The molecule has 41 heavy (non-hydrogen) atoms. The Morgan fingerprint density at radius 1 is 1.10 bits per heavy atom. The van der Waals surface area contributed by atoms with Gasteiger partial charge in [-0.05, 0) is 70.4 Å². The predicted molar refractivity (Wildman–Crippen MR) is 165 cm³/mol. The molecule has 5 rings (SSSR count). The summed E-state index contributed by atoms with van der Waals surface area (Å²) in [5.74, 6) is 0.000885. The molecule has 2 heterocycles. The van der Waals surface area contributed by atoms with Gasteiger partial charge < -0.3 is 20.9 Å². The number of nitrogens with zero attached hydrogens (tertiary/aromatic N) is 3. The van der Waals surface area contributed by atoms with E-state index in [1.165, 1.54) is 16.7 Å². The topological polar surface area (TPSA) is 104 Å². The quantitative estimate of drug-likeness (QED) is 0.303. The molecule has 9 heteroatoms. The molecule has 0 radical (unpaired) electrons. The molecule has 4 N–H and O–H groups in total. The summed E-state index contributed by atoms with van der Waals surface area (Å²) in [6, 6.07) is 19.4. The molecule has 3 atom stereocenters. The number of carbonyl (C=O) groups excluding carboxylic acids is 1. The number of nitrogen functional groups attached to an aromatic ring is 1. The Balaban J connectivity index is 1.12. The molecule has 1 unspecified atom stereocenters. The van der Waals surface area contributed by atoms with Crippen LogP contribution in [0.1, 0.15) is 53.7 Å². The van der Waals surface area contributed by atoms with E-state index < -0.39 is 0 Å². The fraction of sp³-hybridized carbons (Fsp3) is 0.438. The summed E-state index contributed by atoms with van der Waals surface area (Å²) >= 11 is 3.36. The summed E-state index contributed by atoms with van der Waals surface area (Å²) in [4.78, 5) is 21.7. The smallest absolute Gasteiger partial charge is 0.255 e. The number of aliphatic hydroxyl groups excluding tert-OH is 1. The van der Waals surface area contributed by atoms with Crippen LogP contribution in [0.25, 0.3) is 11.1 Å². The van der Waals surface area contributed by atoms with E-state index in [1.807, 2.05) is 0 Å². The van der Waals surface area contributed by atoms with Gasteiger partial charge in [-0.3, -0.25) is 14.6 Å². The highest BCUT2D eigenvalue weighted by Crippen LogP contribution is 2.28. The zero-order valence-electron chi connectivity index (χ0n) is 23.6. The molecule has 2 aliphatic rings. The molecule has 2 aromatic carbocycles. The van der Waals surface area contributed by atoms with Crippen molar-refractivity contribution in [3.8, 4) is 11.1 Å². The van der Waals surface area contributed by atoms with E-state index in [0.29, 0.717) is 18.2 Å². The van der Waals surface area contributed by atoms with E-state index in [2.05, 4.69) is 91.5 Å². The van der Waals surface area contributed by atoms with E-state index in [1.54, 1.807) is 12.3 Å². The third-order valence-corrected chi connectivity index (χ3v) is 8.85. The first-order valence-corrected chi connectivity index (χ1v) is 15.3. The Morgan fingerprint density at radius 2 is 1.78 bits per heavy atom. The number of anilines is 1. The van der Waals surface area contributed by atoms with Gasteiger partial charge in [-0.25, -0.2) is 4.98 Å². The Bertz CT molecular complexity index is 1300. The maximum absolute atomic E-state index is 12.8. The summed E-state index contributed by atoms with van der Waals surface area (Å²) in [6.07, 6.45) is 4.35. The Labute approximate surface area is 251 Å². The highest BCUT2D eigenvalue weighted by atomic mass is 79.9. The van der Waals surface area contributed by atoms with Crippen molar-refractivity contribution in [2.45, 2.75) is 51.0 Å². The van der Waals surface area contributed by atoms with E-state index >= 15 is 0 Å². The van der Waals surface area contributed by atoms with Crippen molar-refractivity contribution in [2.24, 2.45) is 0 Å². The Kier molecular flexibility index (Phi) is 10.1. The van der Waals surface area contributed by atoms with Crippen LogP contribution in [-0.2, 0) is 11.3 Å². The second kappa shape index (κ2) is 13.9. The maximum Gasteiger partial charge on any atom is 0.255 e. The number of nitrogens with one attached hydrogen (secondary N) is 1. The van der Waals surface area contributed by atoms with Crippen LogP contribution in [-0.4, -0.2) is 77.3 Å². The number of aromatic nitrogens is 1. The Morgan fingerprint density at radius 3 is 2.46 bits per heavy atom. The second-order valence-electron chi connectivity index (χ2n) is 11.0. The lowest BCUT2D eigenvalue weighted by atomic mass is 9.99. The number of carbonyl (C=O) groups is 1. The van der Waals surface area contributed by atoms with Gasteiger partial charge in [0, 0.05) is 49.4 Å². The summed E-state index contributed by atoms with van der Waals surface area (Å²) in [7, 11) is 0. The van der Waals surface area contributed by atoms with Gasteiger partial charge in [0.05, 0.1) is 30.9 Å². The molecular weight excluding hydrogens is 582 g/mol. The highest BCUT2D eigenvalue weighted by molar-refractivity contribution is 9.10. The molecule has 3 aromatic rings. The fourth-order valence-corrected chi connectivity index (χ4v) is 6.18. The van der Waals surface area contributed by atoms with Crippen molar-refractivity contribution in [2.75, 3.05) is 45.1 Å². The molecule has 2 fully saturated rings. The van der Waals surface area contributed by atoms with Gasteiger partial charge in [-0.1, -0.05) is 48.5 Å². The SMILES string of the molecule is CC(c1ccc(-c2ccc(CO[C@H]3CCC[C@@H]3NC(=O)c3cc(Br)cnc3N)cc2)cc1)N1CCN(CCO)CC1. The molecule has 1 aliphatic heterocycles. The van der Waals surface area contributed by atoms with Gasteiger partial charge in [0.1, 0.15) is 5.82 Å². The van der Waals surface area contributed by atoms with Crippen LogP contribution in [0.4, 0.5) is 5.82 Å². The monoisotopic (exact) mass is 621 g/mol. The highest BCUT2D eigenvalue weighted by Gasteiger charge is 2.30. The normalized spacial score (nSPS) is 20.7. The lowest BCUT2D eigenvalue weighted by Crippen LogP contribution is -2.47. The first-order valence-electron chi connectivity index (χ1n) is 14.5. The zero-order chi connectivity index (χ0) is 28.8. The molecule has 1 saturated heterocycles. The number of β-amino-alcohol motifs (C(OH)–C–C–N with tert-alkyl or cyclic N) is 1. The van der Waals surface area contributed by atoms with E-state index in [9.17, 15) is 9.90 Å². The van der Waals surface area contributed by atoms with Crippen LogP contribution >= 0.6 is 15.9 Å². The molecule has 0 spiro atoms. The van der Waals surface area contributed by atoms with Gasteiger partial charge >= 0.3 is 0 Å². The van der Waals surface area contributed by atoms with Crippen molar-refractivity contribution in [3.05, 3.63) is 82.0 Å². The molecule has 1 amide bonds. The predicted octanol–water partition coefficient (Wildman–Crippen LogP) is 4.63.